The molecule has 17 heavy (non-hydrogen) atoms. The normalized spacial score (nSPS) is 22.5. The third-order valence-electron chi connectivity index (χ3n) is 3.53. The zero-order valence-electron chi connectivity index (χ0n) is 10.1. The molecule has 0 aromatic heterocycles. The second-order valence-corrected chi connectivity index (χ2v) is 4.75. The van der Waals surface area contributed by atoms with Crippen molar-refractivity contribution in [1.82, 2.24) is 0 Å². The van der Waals surface area contributed by atoms with Crippen LogP contribution in [0.2, 0.25) is 0 Å². The zero-order valence-corrected chi connectivity index (χ0v) is 10.1. The highest BCUT2D eigenvalue weighted by Crippen LogP contribution is 2.36. The van der Waals surface area contributed by atoms with Crippen LogP contribution in [0.5, 0.6) is 11.5 Å². The zero-order chi connectivity index (χ0) is 11.5. The monoisotopic (exact) mass is 230 g/mol. The first-order valence-electron chi connectivity index (χ1n) is 6.52. The summed E-state index contributed by atoms with van der Waals surface area (Å²) < 4.78 is 10.8. The summed E-state index contributed by atoms with van der Waals surface area (Å²) >= 11 is 0. The van der Waals surface area contributed by atoms with E-state index >= 15 is 0 Å². The quantitative estimate of drug-likeness (QED) is 0.721. The van der Waals surface area contributed by atoms with Crippen LogP contribution in [0.25, 0.3) is 5.57 Å². The van der Waals surface area contributed by atoms with E-state index in [0.717, 1.165) is 11.5 Å². The van der Waals surface area contributed by atoms with Crippen LogP contribution >= 0.6 is 0 Å². The predicted octanol–water partition coefficient (Wildman–Crippen LogP) is 4.15. The van der Waals surface area contributed by atoms with Gasteiger partial charge in [0, 0.05) is 0 Å². The number of hydrogen-bond donors (Lipinski definition) is 0. The summed E-state index contributed by atoms with van der Waals surface area (Å²) in [5.41, 5.74) is 2.78. The number of rotatable bonds is 1. The van der Waals surface area contributed by atoms with Gasteiger partial charge in [0.2, 0.25) is 6.79 Å². The highest BCUT2D eigenvalue weighted by Gasteiger charge is 2.14. The predicted molar refractivity (Wildman–Crippen MR) is 68.2 cm³/mol. The minimum Gasteiger partial charge on any atom is -0.454 e. The Morgan fingerprint density at radius 1 is 0.882 bits per heavy atom. The topological polar surface area (TPSA) is 18.5 Å². The highest BCUT2D eigenvalue weighted by molar-refractivity contribution is 5.68. The van der Waals surface area contributed by atoms with Gasteiger partial charge in [0.25, 0.3) is 0 Å². The first kappa shape index (κ1) is 10.7. The van der Waals surface area contributed by atoms with Gasteiger partial charge in [-0.25, -0.2) is 0 Å². The van der Waals surface area contributed by atoms with E-state index in [4.69, 9.17) is 9.47 Å². The maximum absolute atomic E-state index is 5.44. The van der Waals surface area contributed by atoms with Crippen molar-refractivity contribution in [1.29, 1.82) is 0 Å². The highest BCUT2D eigenvalue weighted by atomic mass is 16.7. The van der Waals surface area contributed by atoms with Crippen molar-refractivity contribution in [2.24, 2.45) is 0 Å². The minimum atomic E-state index is 0.359. The van der Waals surface area contributed by atoms with E-state index in [1.165, 1.54) is 49.7 Å². The van der Waals surface area contributed by atoms with Crippen molar-refractivity contribution in [2.75, 3.05) is 6.79 Å². The third-order valence-corrected chi connectivity index (χ3v) is 3.53. The van der Waals surface area contributed by atoms with Crippen LogP contribution in [0.4, 0.5) is 0 Å². The van der Waals surface area contributed by atoms with Crippen LogP contribution in [-0.2, 0) is 0 Å². The van der Waals surface area contributed by atoms with Crippen LogP contribution in [0.15, 0.2) is 24.3 Å². The Kier molecular flexibility index (Phi) is 3.04. The molecule has 90 valence electrons. The van der Waals surface area contributed by atoms with Gasteiger partial charge in [-0.15, -0.1) is 0 Å². The molecule has 1 aromatic rings. The molecule has 3 rings (SSSR count). The summed E-state index contributed by atoms with van der Waals surface area (Å²) in [5.74, 6) is 1.77. The molecular weight excluding hydrogens is 212 g/mol. The van der Waals surface area contributed by atoms with Crippen LogP contribution in [0, 0.1) is 0 Å². The van der Waals surface area contributed by atoms with Crippen molar-refractivity contribution in [3.63, 3.8) is 0 Å². The number of fused-ring (bicyclic) bond motifs is 1. The number of ether oxygens (including phenoxy) is 2. The molecule has 0 bridgehead atoms. The summed E-state index contributed by atoms with van der Waals surface area (Å²) in [6.07, 6.45) is 10.2. The van der Waals surface area contributed by atoms with Crippen LogP contribution in [0.3, 0.4) is 0 Å². The fourth-order valence-electron chi connectivity index (χ4n) is 2.55. The lowest BCUT2D eigenvalue weighted by Crippen LogP contribution is -1.93. The van der Waals surface area contributed by atoms with Crippen LogP contribution in [-0.4, -0.2) is 6.79 Å². The third kappa shape index (κ3) is 2.31. The van der Waals surface area contributed by atoms with Crippen molar-refractivity contribution in [2.45, 2.75) is 38.5 Å². The molecule has 0 saturated heterocycles. The van der Waals surface area contributed by atoms with Crippen LogP contribution in [0.1, 0.15) is 44.1 Å². The van der Waals surface area contributed by atoms with Gasteiger partial charge in [-0.1, -0.05) is 25.0 Å². The summed E-state index contributed by atoms with van der Waals surface area (Å²) in [7, 11) is 0. The first-order chi connectivity index (χ1) is 8.43. The average molecular weight is 230 g/mol. The molecule has 1 aliphatic heterocycles. The van der Waals surface area contributed by atoms with Crippen molar-refractivity contribution in [3.8, 4) is 11.5 Å². The molecule has 0 atom stereocenters. The molecule has 2 heteroatoms. The molecule has 2 aliphatic rings. The Labute approximate surface area is 102 Å². The lowest BCUT2D eigenvalue weighted by Gasteiger charge is -2.12. The standard InChI is InChI=1S/C15H18O2/c1-2-4-6-12(7-5-3-1)13-8-9-14-15(10-13)17-11-16-14/h6,8-10H,1-5,7,11H2/b12-6+. The molecule has 0 amide bonds. The van der Waals surface area contributed by atoms with E-state index in [1.807, 2.05) is 6.07 Å². The maximum atomic E-state index is 5.44. The summed E-state index contributed by atoms with van der Waals surface area (Å²) in [6, 6.07) is 6.30. The molecule has 1 heterocycles. The Morgan fingerprint density at radius 2 is 1.76 bits per heavy atom. The van der Waals surface area contributed by atoms with E-state index < -0.39 is 0 Å². The smallest absolute Gasteiger partial charge is 0.231 e. The van der Waals surface area contributed by atoms with Crippen molar-refractivity contribution in [3.05, 3.63) is 29.8 Å². The van der Waals surface area contributed by atoms with Gasteiger partial charge in [0.1, 0.15) is 0 Å². The largest absolute Gasteiger partial charge is 0.454 e. The van der Waals surface area contributed by atoms with Crippen molar-refractivity contribution < 1.29 is 9.47 Å². The molecule has 2 nitrogen and oxygen atoms in total. The Hall–Kier alpha value is -1.44. The Morgan fingerprint density at radius 3 is 2.76 bits per heavy atom. The molecule has 1 aliphatic carbocycles. The molecule has 0 saturated carbocycles. The van der Waals surface area contributed by atoms with E-state index in [-0.39, 0.29) is 0 Å². The van der Waals surface area contributed by atoms with Gasteiger partial charge in [0.05, 0.1) is 0 Å². The van der Waals surface area contributed by atoms with E-state index in [0.29, 0.717) is 6.79 Å². The molecule has 0 N–H and O–H groups in total. The lowest BCUT2D eigenvalue weighted by atomic mass is 9.94. The fraction of sp³-hybridized carbons (Fsp3) is 0.467. The Bertz CT molecular complexity index is 435. The van der Waals surface area contributed by atoms with Crippen molar-refractivity contribution >= 4 is 5.57 Å². The molecule has 0 spiro atoms. The summed E-state index contributed by atoms with van der Waals surface area (Å²) in [4.78, 5) is 0. The van der Waals surface area contributed by atoms with Gasteiger partial charge >= 0.3 is 0 Å². The Balaban J connectivity index is 1.87. The second kappa shape index (κ2) is 4.82. The van der Waals surface area contributed by atoms with Gasteiger partial charge in [0.15, 0.2) is 11.5 Å². The number of hydrogen-bond acceptors (Lipinski definition) is 2. The molecule has 1 aromatic carbocycles. The van der Waals surface area contributed by atoms with Gasteiger partial charge in [-0.3, -0.25) is 0 Å². The number of benzene rings is 1. The fourth-order valence-corrected chi connectivity index (χ4v) is 2.55. The summed E-state index contributed by atoms with van der Waals surface area (Å²) in [5, 5.41) is 0. The lowest BCUT2D eigenvalue weighted by molar-refractivity contribution is 0.174. The van der Waals surface area contributed by atoms with Gasteiger partial charge in [-0.05, 0) is 49.0 Å². The molecule has 0 fully saturated rings. The van der Waals surface area contributed by atoms with E-state index in [2.05, 4.69) is 18.2 Å². The van der Waals surface area contributed by atoms with Gasteiger partial charge in [-0.2, -0.15) is 0 Å². The molecule has 0 unspecified atom stereocenters. The van der Waals surface area contributed by atoms with E-state index in [9.17, 15) is 0 Å². The molecule has 0 radical (unpaired) electrons. The SMILES string of the molecule is C1=C(/c2ccc3c(c2)OCO3)CCCCCC/1. The van der Waals surface area contributed by atoms with Crippen LogP contribution < -0.4 is 9.47 Å². The van der Waals surface area contributed by atoms with Gasteiger partial charge < -0.3 is 9.47 Å². The second-order valence-electron chi connectivity index (χ2n) is 4.75. The molecular formula is C15H18O2. The number of allylic oxidation sites excluding steroid dienone is 2. The summed E-state index contributed by atoms with van der Waals surface area (Å²) in [6.45, 7) is 0.359. The first-order valence-corrected chi connectivity index (χ1v) is 6.52. The minimum absolute atomic E-state index is 0.359. The van der Waals surface area contributed by atoms with E-state index in [1.54, 1.807) is 0 Å². The average Bonchev–Trinajstić information content (AvgIpc) is 2.75. The maximum Gasteiger partial charge on any atom is 0.231 e.